The summed E-state index contributed by atoms with van der Waals surface area (Å²) in [5.74, 6) is -3.57. The molecule has 4 aliphatic carbocycles. The fourth-order valence-electron chi connectivity index (χ4n) is 7.22. The normalized spacial score (nSPS) is 48.3. The number of ketones is 1. The van der Waals surface area contributed by atoms with Gasteiger partial charge < -0.3 is 19.8 Å². The molecule has 9 heteroatoms. The van der Waals surface area contributed by atoms with Crippen LogP contribution in [0.5, 0.6) is 0 Å². The van der Waals surface area contributed by atoms with Crippen LogP contribution >= 0.6 is 12.2 Å². The van der Waals surface area contributed by atoms with Crippen LogP contribution in [0.1, 0.15) is 40.0 Å². The standard InChI is InChI=1S/C24H31F2NO5S/c1-12-8-14-15-10-17(25)16-9-13(28)6-7-21(16,2)23(15,26)18(29)11-22(14,3)24(12,31)19(30)32-20(33)27(4)5/h6-7,9,12,14-15,17-18,29,31H,8,10-11H2,1-5H3/t12-,14+,15+,17+,18+,21+,22+,23+,24+/m1/s1. The molecule has 0 spiro atoms. The van der Waals surface area contributed by atoms with Crippen molar-refractivity contribution in [2.24, 2.45) is 28.6 Å². The summed E-state index contributed by atoms with van der Waals surface area (Å²) >= 11 is 5.07. The number of thiocarbonyl (C=S) groups is 1. The van der Waals surface area contributed by atoms with Gasteiger partial charge in [0.25, 0.3) is 5.17 Å². The Kier molecular flexibility index (Phi) is 5.47. The molecule has 0 saturated heterocycles. The van der Waals surface area contributed by atoms with Gasteiger partial charge in [0.1, 0.15) is 6.17 Å². The number of carbonyl (C=O) groups excluding carboxylic acids is 2. The van der Waals surface area contributed by atoms with Gasteiger partial charge in [-0.25, -0.2) is 13.6 Å². The molecule has 2 N–H and O–H groups in total. The van der Waals surface area contributed by atoms with E-state index in [-0.39, 0.29) is 30.0 Å². The van der Waals surface area contributed by atoms with Crippen molar-refractivity contribution in [3.8, 4) is 0 Å². The fraction of sp³-hybridized carbons (Fsp3) is 0.708. The minimum absolute atomic E-state index is 0.0356. The van der Waals surface area contributed by atoms with Crippen molar-refractivity contribution < 1.29 is 33.3 Å². The Balaban J connectivity index is 1.79. The number of aliphatic hydroxyl groups is 2. The number of allylic oxidation sites excluding steroid dienone is 4. The van der Waals surface area contributed by atoms with E-state index in [4.69, 9.17) is 17.0 Å². The monoisotopic (exact) mass is 483 g/mol. The largest absolute Gasteiger partial charge is 0.397 e. The lowest BCUT2D eigenvalue weighted by atomic mass is 9.44. The molecule has 3 saturated carbocycles. The minimum atomic E-state index is -2.27. The number of aliphatic hydroxyl groups excluding tert-OH is 1. The van der Waals surface area contributed by atoms with E-state index in [0.717, 1.165) is 6.08 Å². The molecule has 4 rings (SSSR count). The number of hydrogen-bond acceptors (Lipinski definition) is 6. The molecule has 0 aromatic rings. The molecule has 0 aliphatic heterocycles. The Morgan fingerprint density at radius 1 is 1.27 bits per heavy atom. The van der Waals surface area contributed by atoms with E-state index in [1.807, 2.05) is 0 Å². The average molecular weight is 484 g/mol. The lowest BCUT2D eigenvalue weighted by Crippen LogP contribution is -2.70. The van der Waals surface area contributed by atoms with Crippen LogP contribution in [0.25, 0.3) is 0 Å². The van der Waals surface area contributed by atoms with E-state index >= 15 is 8.78 Å². The summed E-state index contributed by atoms with van der Waals surface area (Å²) in [5, 5.41) is 22.9. The van der Waals surface area contributed by atoms with Crippen molar-refractivity contribution in [1.29, 1.82) is 0 Å². The molecule has 0 aromatic heterocycles. The van der Waals surface area contributed by atoms with E-state index in [2.05, 4.69) is 0 Å². The number of fused-ring (bicyclic) bond motifs is 5. The topological polar surface area (TPSA) is 87.1 Å². The average Bonchev–Trinajstić information content (AvgIpc) is 2.93. The number of carbonyl (C=O) groups is 2. The molecule has 182 valence electrons. The molecule has 4 aliphatic rings. The summed E-state index contributed by atoms with van der Waals surface area (Å²) in [5.41, 5.74) is -7.05. The van der Waals surface area contributed by atoms with E-state index in [1.165, 1.54) is 24.0 Å². The summed E-state index contributed by atoms with van der Waals surface area (Å²) in [7, 11) is 3.20. The zero-order valence-electron chi connectivity index (χ0n) is 19.5. The Hall–Kier alpha value is -1.71. The van der Waals surface area contributed by atoms with E-state index in [1.54, 1.807) is 27.9 Å². The molecule has 0 aromatic carbocycles. The third kappa shape index (κ3) is 2.91. The summed E-state index contributed by atoms with van der Waals surface area (Å²) in [6.07, 6.45) is 0.316. The van der Waals surface area contributed by atoms with Crippen molar-refractivity contribution in [3.63, 3.8) is 0 Å². The molecule has 6 nitrogen and oxygen atoms in total. The number of ether oxygens (including phenoxy) is 1. The molecular formula is C24H31F2NO5S. The van der Waals surface area contributed by atoms with Crippen LogP contribution in [-0.2, 0) is 14.3 Å². The van der Waals surface area contributed by atoms with Gasteiger partial charge in [-0.05, 0) is 68.0 Å². The maximum atomic E-state index is 17.1. The summed E-state index contributed by atoms with van der Waals surface area (Å²) in [6.45, 7) is 4.84. The zero-order chi connectivity index (χ0) is 24.7. The number of hydrogen-bond donors (Lipinski definition) is 2. The lowest BCUT2D eigenvalue weighted by molar-refractivity contribution is -0.228. The molecule has 0 bridgehead atoms. The van der Waals surface area contributed by atoms with Crippen molar-refractivity contribution in [2.45, 2.75) is 63.6 Å². The first-order valence-corrected chi connectivity index (χ1v) is 11.7. The van der Waals surface area contributed by atoms with Gasteiger partial charge in [0.05, 0.1) is 6.10 Å². The van der Waals surface area contributed by atoms with Crippen LogP contribution in [0.15, 0.2) is 23.8 Å². The van der Waals surface area contributed by atoms with Gasteiger partial charge in [0, 0.05) is 30.8 Å². The molecule has 0 unspecified atom stereocenters. The molecule has 0 amide bonds. The highest BCUT2D eigenvalue weighted by atomic mass is 32.1. The van der Waals surface area contributed by atoms with E-state index < -0.39 is 63.9 Å². The van der Waals surface area contributed by atoms with Crippen molar-refractivity contribution in [1.82, 2.24) is 4.90 Å². The Bertz CT molecular complexity index is 984. The highest BCUT2D eigenvalue weighted by Gasteiger charge is 2.77. The number of rotatable bonds is 1. The molecule has 3 fully saturated rings. The van der Waals surface area contributed by atoms with Gasteiger partial charge in [-0.15, -0.1) is 0 Å². The number of esters is 1. The van der Waals surface area contributed by atoms with Gasteiger partial charge in [-0.3, -0.25) is 4.79 Å². The van der Waals surface area contributed by atoms with Crippen LogP contribution in [0, 0.1) is 28.6 Å². The van der Waals surface area contributed by atoms with Crippen LogP contribution < -0.4 is 0 Å². The molecule has 33 heavy (non-hydrogen) atoms. The van der Waals surface area contributed by atoms with Crippen molar-refractivity contribution in [3.05, 3.63) is 23.8 Å². The van der Waals surface area contributed by atoms with Gasteiger partial charge in [-0.1, -0.05) is 19.9 Å². The van der Waals surface area contributed by atoms with Crippen molar-refractivity contribution >= 4 is 29.1 Å². The van der Waals surface area contributed by atoms with Gasteiger partial charge in [0.2, 0.25) is 0 Å². The molecule has 0 heterocycles. The highest BCUT2D eigenvalue weighted by Crippen LogP contribution is 2.71. The first-order chi connectivity index (χ1) is 15.1. The van der Waals surface area contributed by atoms with E-state index in [0.29, 0.717) is 0 Å². The second kappa shape index (κ2) is 7.39. The van der Waals surface area contributed by atoms with E-state index in [9.17, 15) is 19.8 Å². The summed E-state index contributed by atoms with van der Waals surface area (Å²) in [6, 6.07) is 0. The molecule has 0 radical (unpaired) electrons. The Morgan fingerprint density at radius 2 is 1.91 bits per heavy atom. The second-order valence-corrected chi connectivity index (χ2v) is 11.2. The lowest BCUT2D eigenvalue weighted by Gasteiger charge is -2.62. The first-order valence-electron chi connectivity index (χ1n) is 11.3. The van der Waals surface area contributed by atoms with Crippen LogP contribution in [0.2, 0.25) is 0 Å². The fourth-order valence-corrected chi connectivity index (χ4v) is 7.30. The highest BCUT2D eigenvalue weighted by molar-refractivity contribution is 7.80. The number of alkyl halides is 2. The Morgan fingerprint density at radius 3 is 2.52 bits per heavy atom. The first kappa shape index (κ1) is 24.4. The van der Waals surface area contributed by atoms with Crippen molar-refractivity contribution in [2.75, 3.05) is 14.1 Å². The maximum Gasteiger partial charge on any atom is 0.346 e. The summed E-state index contributed by atoms with van der Waals surface area (Å²) in [4.78, 5) is 26.5. The SMILES string of the molecule is C[C@@H]1C[C@H]2[C@@H]3C[C@H](F)C4=CC(=O)C=C[C@]4(C)[C@@]3(F)[C@@H](O)C[C@]2(C)[C@@]1(O)C(=O)OC(=S)N(C)C. The van der Waals surface area contributed by atoms with Crippen LogP contribution in [0.4, 0.5) is 8.78 Å². The number of halogens is 2. The quantitative estimate of drug-likeness (QED) is 0.438. The predicted molar refractivity (Wildman–Crippen MR) is 121 cm³/mol. The number of nitrogens with zero attached hydrogens (tertiary/aromatic N) is 1. The predicted octanol–water partition coefficient (Wildman–Crippen LogP) is 2.67. The summed E-state index contributed by atoms with van der Waals surface area (Å²) < 4.78 is 37.8. The second-order valence-electron chi connectivity index (χ2n) is 10.8. The third-order valence-corrected chi connectivity index (χ3v) is 9.51. The van der Waals surface area contributed by atoms with Gasteiger partial charge in [-0.2, -0.15) is 0 Å². The van der Waals surface area contributed by atoms with Crippen LogP contribution in [-0.4, -0.2) is 69.7 Å². The molecular weight excluding hydrogens is 452 g/mol. The smallest absolute Gasteiger partial charge is 0.346 e. The van der Waals surface area contributed by atoms with Crippen LogP contribution in [0.3, 0.4) is 0 Å². The zero-order valence-corrected chi connectivity index (χ0v) is 20.3. The third-order valence-electron chi connectivity index (χ3n) is 9.07. The molecule has 9 atom stereocenters. The Labute approximate surface area is 197 Å². The van der Waals surface area contributed by atoms with Gasteiger partial charge in [0.15, 0.2) is 17.1 Å². The van der Waals surface area contributed by atoms with Gasteiger partial charge >= 0.3 is 5.97 Å². The maximum absolute atomic E-state index is 17.1. The minimum Gasteiger partial charge on any atom is -0.397 e.